The summed E-state index contributed by atoms with van der Waals surface area (Å²) in [6.07, 6.45) is 3.26. The average Bonchev–Trinajstić information content (AvgIpc) is 3.01. The maximum absolute atomic E-state index is 13.3. The van der Waals surface area contributed by atoms with Crippen LogP contribution in [0.1, 0.15) is 5.56 Å². The fourth-order valence-electron chi connectivity index (χ4n) is 2.19. The minimum absolute atomic E-state index is 0.301. The highest BCUT2D eigenvalue weighted by Crippen LogP contribution is 2.20. The molecule has 3 aromatic rings. The molecule has 0 saturated carbocycles. The normalized spacial score (nSPS) is 12.0. The molecule has 0 spiro atoms. The van der Waals surface area contributed by atoms with Crippen molar-refractivity contribution in [2.24, 2.45) is 10.1 Å². The molecule has 0 unspecified atom stereocenters. The molecule has 1 aromatic heterocycles. The average molecular weight is 355 g/mol. The Kier molecular flexibility index (Phi) is 5.30. The Morgan fingerprint density at radius 2 is 1.88 bits per heavy atom. The number of benzene rings is 2. The number of halogens is 2. The van der Waals surface area contributed by atoms with Crippen molar-refractivity contribution in [3.8, 4) is 11.3 Å². The highest BCUT2D eigenvalue weighted by atomic mass is 32.1. The minimum atomic E-state index is -0.324. The summed E-state index contributed by atoms with van der Waals surface area (Å²) in [6, 6.07) is 12.3. The van der Waals surface area contributed by atoms with Crippen LogP contribution in [0.3, 0.4) is 0 Å². The van der Waals surface area contributed by atoms with Crippen LogP contribution < -0.4 is 4.80 Å². The lowest BCUT2D eigenvalue weighted by Crippen LogP contribution is -2.12. The quantitative estimate of drug-likeness (QED) is 0.478. The molecule has 0 fully saturated rings. The molecule has 0 bridgehead atoms. The summed E-state index contributed by atoms with van der Waals surface area (Å²) < 4.78 is 28.2. The van der Waals surface area contributed by atoms with Crippen molar-refractivity contribution in [3.63, 3.8) is 0 Å². The van der Waals surface area contributed by atoms with E-state index in [-0.39, 0.29) is 11.6 Å². The van der Waals surface area contributed by atoms with Crippen LogP contribution in [0.4, 0.5) is 8.78 Å². The second-order valence-electron chi connectivity index (χ2n) is 5.15. The van der Waals surface area contributed by atoms with Gasteiger partial charge in [-0.1, -0.05) is 18.2 Å². The molecule has 6 heteroatoms. The van der Waals surface area contributed by atoms with E-state index in [0.717, 1.165) is 11.3 Å². The molecule has 25 heavy (non-hydrogen) atoms. The topological polar surface area (TPSA) is 29.6 Å². The molecule has 3 nitrogen and oxygen atoms in total. The van der Waals surface area contributed by atoms with E-state index >= 15 is 0 Å². The van der Waals surface area contributed by atoms with Crippen LogP contribution in [-0.2, 0) is 0 Å². The molecule has 0 N–H and O–H groups in total. The smallest absolute Gasteiger partial charge is 0.206 e. The highest BCUT2D eigenvalue weighted by molar-refractivity contribution is 7.07. The zero-order valence-corrected chi connectivity index (χ0v) is 14.1. The molecular weight excluding hydrogens is 340 g/mol. The predicted molar refractivity (Wildman–Crippen MR) is 97.7 cm³/mol. The third-order valence-electron chi connectivity index (χ3n) is 3.35. The van der Waals surface area contributed by atoms with E-state index in [9.17, 15) is 8.78 Å². The lowest BCUT2D eigenvalue weighted by molar-refractivity contribution is 0.627. The van der Waals surface area contributed by atoms with Gasteiger partial charge in [0.25, 0.3) is 0 Å². The summed E-state index contributed by atoms with van der Waals surface area (Å²) in [4.78, 5) is 5.09. The van der Waals surface area contributed by atoms with Gasteiger partial charge in [0, 0.05) is 10.9 Å². The lowest BCUT2D eigenvalue weighted by atomic mass is 10.2. The van der Waals surface area contributed by atoms with Crippen LogP contribution in [0.2, 0.25) is 0 Å². The first-order valence-corrected chi connectivity index (χ1v) is 8.43. The Labute approximate surface area is 147 Å². The summed E-state index contributed by atoms with van der Waals surface area (Å²) in [5, 5.41) is 6.34. The molecular formula is C19H15F2N3S. The van der Waals surface area contributed by atoms with Crippen LogP contribution in [0.25, 0.3) is 11.3 Å². The molecule has 2 aromatic carbocycles. The predicted octanol–water partition coefficient (Wildman–Crippen LogP) is 4.46. The number of rotatable bonds is 5. The first-order valence-electron chi connectivity index (χ1n) is 7.55. The largest absolute Gasteiger partial charge is 0.253 e. The number of thiazole rings is 1. The second-order valence-corrected chi connectivity index (χ2v) is 5.99. The minimum Gasteiger partial charge on any atom is -0.253 e. The third kappa shape index (κ3) is 4.16. The van der Waals surface area contributed by atoms with E-state index in [1.54, 1.807) is 41.2 Å². The standard InChI is InChI=1S/C19H15F2N3S/c1-2-10-22-19-24(23-12-14-4-3-5-17(21)11-14)18(13-25-19)15-6-8-16(20)9-7-15/h2-9,11-13H,1,10H2. The van der Waals surface area contributed by atoms with Crippen LogP contribution in [0, 0.1) is 11.6 Å². The Balaban J connectivity index is 2.06. The molecule has 0 radical (unpaired) electrons. The van der Waals surface area contributed by atoms with Gasteiger partial charge in [0.05, 0.1) is 18.5 Å². The van der Waals surface area contributed by atoms with Crippen molar-refractivity contribution in [2.75, 3.05) is 6.54 Å². The number of hydrogen-bond donors (Lipinski definition) is 0. The van der Waals surface area contributed by atoms with Gasteiger partial charge in [-0.15, -0.1) is 17.9 Å². The van der Waals surface area contributed by atoms with Crippen LogP contribution in [0.5, 0.6) is 0 Å². The van der Waals surface area contributed by atoms with Crippen molar-refractivity contribution < 1.29 is 8.78 Å². The fraction of sp³-hybridized carbons (Fsp3) is 0.0526. The summed E-state index contributed by atoms with van der Waals surface area (Å²) in [6.45, 7) is 4.12. The van der Waals surface area contributed by atoms with E-state index in [1.165, 1.54) is 35.6 Å². The SMILES string of the molecule is C=CCN=c1scc(-c2ccc(F)cc2)n1N=Cc1cccc(F)c1. The molecule has 0 aliphatic rings. The van der Waals surface area contributed by atoms with Crippen LogP contribution in [0.15, 0.2) is 76.7 Å². The molecule has 0 saturated heterocycles. The molecule has 0 atom stereocenters. The van der Waals surface area contributed by atoms with Gasteiger partial charge >= 0.3 is 0 Å². The zero-order valence-electron chi connectivity index (χ0n) is 13.3. The highest BCUT2D eigenvalue weighted by Gasteiger charge is 2.07. The van der Waals surface area contributed by atoms with Crippen molar-refractivity contribution in [1.82, 2.24) is 4.68 Å². The zero-order chi connectivity index (χ0) is 17.6. The number of nitrogens with zero attached hydrogens (tertiary/aromatic N) is 3. The Morgan fingerprint density at radius 3 is 2.60 bits per heavy atom. The molecule has 1 heterocycles. The lowest BCUT2D eigenvalue weighted by Gasteiger charge is -2.03. The maximum Gasteiger partial charge on any atom is 0.206 e. The van der Waals surface area contributed by atoms with Gasteiger partial charge in [-0.05, 0) is 42.0 Å². The Hall–Kier alpha value is -2.86. The van der Waals surface area contributed by atoms with Crippen LogP contribution >= 0.6 is 11.3 Å². The number of hydrogen-bond acceptors (Lipinski definition) is 3. The van der Waals surface area contributed by atoms with Gasteiger partial charge in [0.2, 0.25) is 4.80 Å². The van der Waals surface area contributed by atoms with Crippen LogP contribution in [-0.4, -0.2) is 17.4 Å². The first-order chi connectivity index (χ1) is 12.2. The summed E-state index contributed by atoms with van der Waals surface area (Å²) in [5.41, 5.74) is 2.23. The fourth-order valence-corrected chi connectivity index (χ4v) is 3.04. The van der Waals surface area contributed by atoms with E-state index in [2.05, 4.69) is 16.7 Å². The van der Waals surface area contributed by atoms with Gasteiger partial charge in [0.1, 0.15) is 11.6 Å². The molecule has 0 amide bonds. The molecule has 126 valence electrons. The summed E-state index contributed by atoms with van der Waals surface area (Å²) in [7, 11) is 0. The Morgan fingerprint density at radius 1 is 1.08 bits per heavy atom. The van der Waals surface area contributed by atoms with Crippen molar-refractivity contribution >= 4 is 17.6 Å². The summed E-state index contributed by atoms with van der Waals surface area (Å²) in [5.74, 6) is -0.625. The van der Waals surface area contributed by atoms with Crippen molar-refractivity contribution in [3.05, 3.63) is 88.6 Å². The second kappa shape index (κ2) is 7.81. The van der Waals surface area contributed by atoms with Gasteiger partial charge in [-0.25, -0.2) is 13.5 Å². The number of aromatic nitrogens is 1. The van der Waals surface area contributed by atoms with Crippen molar-refractivity contribution in [2.45, 2.75) is 0 Å². The maximum atomic E-state index is 13.3. The monoisotopic (exact) mass is 355 g/mol. The molecule has 0 aliphatic carbocycles. The third-order valence-corrected chi connectivity index (χ3v) is 4.21. The van der Waals surface area contributed by atoms with Gasteiger partial charge in [0.15, 0.2) is 0 Å². The van der Waals surface area contributed by atoms with E-state index in [1.807, 2.05) is 5.38 Å². The van der Waals surface area contributed by atoms with E-state index in [0.29, 0.717) is 16.9 Å². The van der Waals surface area contributed by atoms with Gasteiger partial charge < -0.3 is 0 Å². The van der Waals surface area contributed by atoms with Gasteiger partial charge in [-0.3, -0.25) is 4.99 Å². The first kappa shape index (κ1) is 17.0. The van der Waals surface area contributed by atoms with E-state index < -0.39 is 0 Å². The summed E-state index contributed by atoms with van der Waals surface area (Å²) >= 11 is 1.42. The van der Waals surface area contributed by atoms with Gasteiger partial charge in [-0.2, -0.15) is 5.10 Å². The Bertz CT molecular complexity index is 969. The van der Waals surface area contributed by atoms with E-state index in [4.69, 9.17) is 0 Å². The van der Waals surface area contributed by atoms with Crippen molar-refractivity contribution in [1.29, 1.82) is 0 Å². The molecule has 3 rings (SSSR count). The molecule has 0 aliphatic heterocycles.